The minimum absolute atomic E-state index is 0.0787. The smallest absolute Gasteiger partial charge is 0.330 e. The Hall–Kier alpha value is -4.41. The van der Waals surface area contributed by atoms with Crippen molar-refractivity contribution in [2.24, 2.45) is 0 Å². The number of aromatic nitrogens is 2. The second kappa shape index (κ2) is 11.8. The number of rotatable bonds is 11. The summed E-state index contributed by atoms with van der Waals surface area (Å²) in [6.45, 7) is 2.19. The SMILES string of the molecule is CCCCn1c(N)c(N(Cc2ccco2)C(=O)/C=C/c2cc(OC)c(OC)c(OC)c2)c(=O)[nH]c1=O. The molecule has 0 aliphatic heterocycles. The van der Waals surface area contributed by atoms with Crippen molar-refractivity contribution in [2.45, 2.75) is 32.9 Å². The van der Waals surface area contributed by atoms with Crippen molar-refractivity contribution in [3.8, 4) is 17.2 Å². The molecule has 0 spiro atoms. The van der Waals surface area contributed by atoms with E-state index in [1.165, 1.54) is 43.1 Å². The van der Waals surface area contributed by atoms with E-state index < -0.39 is 17.2 Å². The second-order valence-corrected chi connectivity index (χ2v) is 7.79. The fourth-order valence-electron chi connectivity index (χ4n) is 3.66. The molecule has 0 fully saturated rings. The van der Waals surface area contributed by atoms with E-state index in [4.69, 9.17) is 24.4 Å². The Morgan fingerprint density at radius 1 is 1.17 bits per heavy atom. The Morgan fingerprint density at radius 2 is 1.86 bits per heavy atom. The van der Waals surface area contributed by atoms with E-state index in [0.717, 1.165) is 6.42 Å². The van der Waals surface area contributed by atoms with Gasteiger partial charge in [0.05, 0.1) is 34.1 Å². The first-order valence-corrected chi connectivity index (χ1v) is 11.3. The number of aromatic amines is 1. The molecule has 0 atom stereocenters. The molecule has 0 unspecified atom stereocenters. The van der Waals surface area contributed by atoms with Crippen molar-refractivity contribution >= 4 is 23.5 Å². The lowest BCUT2D eigenvalue weighted by atomic mass is 10.1. The van der Waals surface area contributed by atoms with E-state index in [1.807, 2.05) is 6.92 Å². The van der Waals surface area contributed by atoms with Gasteiger partial charge in [0, 0.05) is 12.6 Å². The minimum atomic E-state index is -0.772. The number of hydrogen-bond acceptors (Lipinski definition) is 8. The number of nitrogens with zero attached hydrogens (tertiary/aromatic N) is 2. The highest BCUT2D eigenvalue weighted by Crippen LogP contribution is 2.38. The molecule has 1 aromatic carbocycles. The molecule has 3 rings (SSSR count). The van der Waals surface area contributed by atoms with E-state index >= 15 is 0 Å². The summed E-state index contributed by atoms with van der Waals surface area (Å²) in [7, 11) is 4.47. The molecule has 11 nitrogen and oxygen atoms in total. The number of carbonyl (C=O) groups excluding carboxylic acids is 1. The van der Waals surface area contributed by atoms with E-state index in [2.05, 4.69) is 4.98 Å². The van der Waals surface area contributed by atoms with Crippen LogP contribution in [-0.2, 0) is 17.9 Å². The number of nitrogens with one attached hydrogen (secondary N) is 1. The van der Waals surface area contributed by atoms with Crippen LogP contribution < -0.4 is 36.1 Å². The first-order valence-electron chi connectivity index (χ1n) is 11.3. The number of carbonyl (C=O) groups is 1. The predicted octanol–water partition coefficient (Wildman–Crippen LogP) is 2.78. The number of hydrogen-bond donors (Lipinski definition) is 2. The number of methoxy groups -OCH3 is 3. The van der Waals surface area contributed by atoms with Crippen LogP contribution in [0.25, 0.3) is 6.08 Å². The number of nitrogens with two attached hydrogens (primary N) is 1. The number of H-pyrrole nitrogens is 1. The first kappa shape index (κ1) is 26.2. The van der Waals surface area contributed by atoms with Gasteiger partial charge < -0.3 is 24.4 Å². The zero-order valence-corrected chi connectivity index (χ0v) is 20.7. The van der Waals surface area contributed by atoms with Crippen molar-refractivity contribution in [2.75, 3.05) is 32.0 Å². The van der Waals surface area contributed by atoms with Crippen molar-refractivity contribution in [1.29, 1.82) is 0 Å². The average molecular weight is 499 g/mol. The van der Waals surface area contributed by atoms with Gasteiger partial charge in [-0.05, 0) is 42.3 Å². The van der Waals surface area contributed by atoms with Gasteiger partial charge in [-0.1, -0.05) is 13.3 Å². The van der Waals surface area contributed by atoms with Gasteiger partial charge in [0.2, 0.25) is 5.75 Å². The first-order chi connectivity index (χ1) is 17.3. The van der Waals surface area contributed by atoms with Crippen molar-refractivity contribution in [3.05, 3.63) is 68.8 Å². The maximum absolute atomic E-state index is 13.4. The highest BCUT2D eigenvalue weighted by atomic mass is 16.5. The number of unbranched alkanes of at least 4 members (excludes halogenated alkanes) is 1. The molecule has 0 aliphatic rings. The summed E-state index contributed by atoms with van der Waals surface area (Å²) in [4.78, 5) is 42.0. The largest absolute Gasteiger partial charge is 0.493 e. The topological polar surface area (TPSA) is 142 Å². The molecule has 0 saturated heterocycles. The summed E-state index contributed by atoms with van der Waals surface area (Å²) in [5.41, 5.74) is 5.30. The van der Waals surface area contributed by atoms with Crippen LogP contribution in [0.4, 0.5) is 11.5 Å². The Bertz CT molecular complexity index is 1310. The molecular weight excluding hydrogens is 468 g/mol. The molecule has 192 valence electrons. The van der Waals surface area contributed by atoms with Crippen LogP contribution in [0.2, 0.25) is 0 Å². The van der Waals surface area contributed by atoms with Gasteiger partial charge in [-0.3, -0.25) is 24.0 Å². The number of nitrogen functional groups attached to an aromatic ring is 1. The van der Waals surface area contributed by atoms with Gasteiger partial charge in [0.15, 0.2) is 17.2 Å². The Balaban J connectivity index is 2.06. The van der Waals surface area contributed by atoms with Gasteiger partial charge in [0.25, 0.3) is 11.5 Å². The summed E-state index contributed by atoms with van der Waals surface area (Å²) in [5, 5.41) is 0. The minimum Gasteiger partial charge on any atom is -0.493 e. The molecular formula is C25H30N4O7. The highest BCUT2D eigenvalue weighted by molar-refractivity contribution is 6.05. The van der Waals surface area contributed by atoms with E-state index in [-0.39, 0.29) is 18.1 Å². The summed E-state index contributed by atoms with van der Waals surface area (Å²) >= 11 is 0. The van der Waals surface area contributed by atoms with Crippen LogP contribution in [0.3, 0.4) is 0 Å². The molecule has 0 saturated carbocycles. The monoisotopic (exact) mass is 498 g/mol. The zero-order chi connectivity index (χ0) is 26.2. The zero-order valence-electron chi connectivity index (χ0n) is 20.7. The normalized spacial score (nSPS) is 11.0. The fraction of sp³-hybridized carbons (Fsp3) is 0.320. The number of amides is 1. The van der Waals surface area contributed by atoms with Crippen molar-refractivity contribution in [3.63, 3.8) is 0 Å². The van der Waals surface area contributed by atoms with Crippen LogP contribution in [0.5, 0.6) is 17.2 Å². The number of anilines is 2. The Morgan fingerprint density at radius 3 is 2.42 bits per heavy atom. The van der Waals surface area contributed by atoms with Gasteiger partial charge in [0.1, 0.15) is 11.6 Å². The lowest BCUT2D eigenvalue weighted by Gasteiger charge is -2.22. The Kier molecular flexibility index (Phi) is 8.61. The summed E-state index contributed by atoms with van der Waals surface area (Å²) in [5.74, 6) is 1.02. The molecule has 11 heteroatoms. The Labute approximate surface area is 207 Å². The summed E-state index contributed by atoms with van der Waals surface area (Å²) < 4.78 is 22.7. The van der Waals surface area contributed by atoms with Crippen LogP contribution in [0.15, 0.2) is 50.6 Å². The molecule has 36 heavy (non-hydrogen) atoms. The summed E-state index contributed by atoms with van der Waals surface area (Å²) in [6, 6.07) is 6.68. The van der Waals surface area contributed by atoms with E-state index in [9.17, 15) is 14.4 Å². The third-order valence-electron chi connectivity index (χ3n) is 5.48. The van der Waals surface area contributed by atoms with Crippen LogP contribution in [-0.4, -0.2) is 36.8 Å². The molecule has 0 bridgehead atoms. The predicted molar refractivity (Wildman–Crippen MR) is 136 cm³/mol. The molecule has 3 aromatic rings. The summed E-state index contributed by atoms with van der Waals surface area (Å²) in [6.07, 6.45) is 5.76. The van der Waals surface area contributed by atoms with Gasteiger partial charge in [-0.25, -0.2) is 4.79 Å². The van der Waals surface area contributed by atoms with Crippen LogP contribution in [0, 0.1) is 0 Å². The van der Waals surface area contributed by atoms with E-state index in [0.29, 0.717) is 41.5 Å². The molecule has 2 heterocycles. The molecule has 2 aromatic heterocycles. The van der Waals surface area contributed by atoms with E-state index in [1.54, 1.807) is 30.3 Å². The lowest BCUT2D eigenvalue weighted by Crippen LogP contribution is -2.40. The number of ether oxygens (including phenoxy) is 3. The maximum atomic E-state index is 13.4. The molecule has 1 amide bonds. The van der Waals surface area contributed by atoms with Crippen molar-refractivity contribution in [1.82, 2.24) is 9.55 Å². The highest BCUT2D eigenvalue weighted by Gasteiger charge is 2.24. The van der Waals surface area contributed by atoms with Gasteiger partial charge >= 0.3 is 5.69 Å². The lowest BCUT2D eigenvalue weighted by molar-refractivity contribution is -0.114. The molecule has 0 aliphatic carbocycles. The molecule has 0 radical (unpaired) electrons. The quantitative estimate of drug-likeness (QED) is 0.384. The second-order valence-electron chi connectivity index (χ2n) is 7.79. The third kappa shape index (κ3) is 5.62. The number of furan rings is 1. The van der Waals surface area contributed by atoms with Gasteiger partial charge in [-0.15, -0.1) is 0 Å². The van der Waals surface area contributed by atoms with Gasteiger partial charge in [-0.2, -0.15) is 0 Å². The third-order valence-corrected chi connectivity index (χ3v) is 5.48. The average Bonchev–Trinajstić information content (AvgIpc) is 3.38. The molecule has 3 N–H and O–H groups in total. The maximum Gasteiger partial charge on any atom is 0.330 e. The van der Waals surface area contributed by atoms with Crippen molar-refractivity contribution < 1.29 is 23.4 Å². The number of benzene rings is 1. The van der Waals surface area contributed by atoms with Crippen LogP contribution in [0.1, 0.15) is 31.1 Å². The van der Waals surface area contributed by atoms with Crippen LogP contribution >= 0.6 is 0 Å². The standard InChI is InChI=1S/C25H30N4O7/c1-5-6-11-28-23(26)21(24(31)27-25(28)32)29(15-17-8-7-12-36-17)20(30)10-9-16-13-18(33-2)22(35-4)19(14-16)34-3/h7-10,12-14H,5-6,11,15,26H2,1-4H3,(H,27,31,32)/b10-9+. The fourth-order valence-corrected chi connectivity index (χ4v) is 3.66.